The molecule has 0 saturated heterocycles. The minimum Gasteiger partial charge on any atom is -0.657 e. The Morgan fingerprint density at radius 2 is 0.712 bits per heavy atom. The first-order valence-corrected chi connectivity index (χ1v) is 17.0. The van der Waals surface area contributed by atoms with E-state index in [1.807, 2.05) is 18.2 Å². The van der Waals surface area contributed by atoms with Crippen molar-refractivity contribution in [1.82, 2.24) is 19.9 Å². The molecule has 0 unspecified atom stereocenters. The van der Waals surface area contributed by atoms with E-state index in [0.717, 1.165) is 94.9 Å². The van der Waals surface area contributed by atoms with E-state index in [9.17, 15) is 0 Å². The average Bonchev–Trinajstić information content (AvgIpc) is 4.02. The maximum atomic E-state index is 5.41. The molecule has 2 aliphatic rings. The molecule has 0 fully saturated rings. The van der Waals surface area contributed by atoms with Gasteiger partial charge in [-0.3, -0.25) is 0 Å². The van der Waals surface area contributed by atoms with Crippen LogP contribution >= 0.6 is 0 Å². The summed E-state index contributed by atoms with van der Waals surface area (Å²) in [5.41, 5.74) is 15.9. The molecule has 244 valence electrons. The average molecular weight is 722 g/mol. The maximum Gasteiger partial charge on any atom is 2.00 e. The number of aromatic nitrogens is 4. The van der Waals surface area contributed by atoms with Crippen molar-refractivity contribution in [1.29, 1.82) is 0 Å². The molecule has 0 amide bonds. The van der Waals surface area contributed by atoms with Crippen LogP contribution < -0.4 is 9.97 Å². The first kappa shape index (κ1) is 33.2. The van der Waals surface area contributed by atoms with Crippen molar-refractivity contribution < 1.29 is 24.2 Å². The van der Waals surface area contributed by atoms with Gasteiger partial charge in [0.15, 0.2) is 0 Å². The van der Waals surface area contributed by atoms with Crippen molar-refractivity contribution in [2.45, 2.75) is 6.61 Å². The zero-order chi connectivity index (χ0) is 34.1. The molecule has 52 heavy (non-hydrogen) atoms. The van der Waals surface area contributed by atoms with Crippen LogP contribution in [0.3, 0.4) is 0 Å². The fraction of sp³-hybridized carbons (Fsp3) is 0.0435. The quantitative estimate of drug-likeness (QED) is 0.160. The summed E-state index contributed by atoms with van der Waals surface area (Å²) in [6, 6.07) is 48.0. The van der Waals surface area contributed by atoms with E-state index < -0.39 is 0 Å². The molecule has 0 spiro atoms. The third-order valence-electron chi connectivity index (χ3n) is 9.35. The van der Waals surface area contributed by atoms with Crippen LogP contribution in [-0.4, -0.2) is 17.1 Å². The molecule has 6 heteroatoms. The summed E-state index contributed by atoms with van der Waals surface area (Å²) in [6.07, 6.45) is 8.40. The zero-order valence-corrected chi connectivity index (χ0v) is 31.7. The molecular formula is C46H32N4OZn. The standard InChI is InChI=1S/C46H32N4O.Zn/c1-51-29-30-17-19-34(20-18-30)46-41-27-25-39(49-41)44(32-13-7-3-8-14-32)37-23-21-35(47-37)43(31-11-5-2-6-12-31)36-22-24-38(48-36)45(33-15-9-4-10-16-33)40-26-28-42(46)50-40;/h2-28H,29H2,1H3;/q-2;+2. The predicted molar refractivity (Wildman–Crippen MR) is 209 cm³/mol. The van der Waals surface area contributed by atoms with Gasteiger partial charge >= 0.3 is 19.5 Å². The van der Waals surface area contributed by atoms with Gasteiger partial charge in [0.05, 0.1) is 29.4 Å². The van der Waals surface area contributed by atoms with Crippen LogP contribution in [0.1, 0.15) is 28.3 Å². The molecule has 7 aromatic rings. The summed E-state index contributed by atoms with van der Waals surface area (Å²) in [6.45, 7) is 0.546. The molecule has 9 rings (SSSR count). The van der Waals surface area contributed by atoms with E-state index in [-0.39, 0.29) is 19.5 Å². The molecule has 4 aromatic carbocycles. The first-order valence-electron chi connectivity index (χ1n) is 17.0. The molecule has 0 N–H and O–H groups in total. The van der Waals surface area contributed by atoms with E-state index in [1.54, 1.807) is 7.11 Å². The Kier molecular flexibility index (Phi) is 9.17. The number of hydrogen-bond acceptors (Lipinski definition) is 3. The second-order valence-corrected chi connectivity index (χ2v) is 12.6. The number of ether oxygens (including phenoxy) is 1. The topological polar surface area (TPSA) is 63.2 Å². The second kappa shape index (κ2) is 14.4. The fourth-order valence-electron chi connectivity index (χ4n) is 7.02. The van der Waals surface area contributed by atoms with Crippen LogP contribution in [0.5, 0.6) is 0 Å². The van der Waals surface area contributed by atoms with Crippen molar-refractivity contribution in [2.24, 2.45) is 0 Å². The Bertz CT molecular complexity index is 2580. The van der Waals surface area contributed by atoms with Crippen LogP contribution in [-0.2, 0) is 30.8 Å². The normalized spacial score (nSPS) is 11.8. The van der Waals surface area contributed by atoms with Gasteiger partial charge in [0.2, 0.25) is 0 Å². The van der Waals surface area contributed by atoms with Gasteiger partial charge in [-0.1, -0.05) is 140 Å². The Morgan fingerprint density at radius 1 is 0.404 bits per heavy atom. The Balaban J connectivity index is 0.00000387. The summed E-state index contributed by atoms with van der Waals surface area (Å²) < 4.78 is 5.41. The smallest absolute Gasteiger partial charge is 0.657 e. The Hall–Kier alpha value is -5.94. The number of fused-ring (bicyclic) bond motifs is 8. The van der Waals surface area contributed by atoms with Gasteiger partial charge in [-0.15, -0.1) is 22.1 Å². The van der Waals surface area contributed by atoms with Crippen molar-refractivity contribution in [3.8, 4) is 44.5 Å². The summed E-state index contributed by atoms with van der Waals surface area (Å²) in [7, 11) is 1.71. The number of nitrogens with zero attached hydrogens (tertiary/aromatic N) is 4. The Morgan fingerprint density at radius 3 is 1.02 bits per heavy atom. The third kappa shape index (κ3) is 6.17. The van der Waals surface area contributed by atoms with Crippen molar-refractivity contribution in [2.75, 3.05) is 7.11 Å². The molecular weight excluding hydrogens is 690 g/mol. The number of benzene rings is 4. The maximum absolute atomic E-state index is 5.41. The van der Waals surface area contributed by atoms with E-state index in [4.69, 9.17) is 24.7 Å². The van der Waals surface area contributed by atoms with Crippen LogP contribution in [0.25, 0.3) is 90.9 Å². The fourth-order valence-corrected chi connectivity index (χ4v) is 7.02. The molecule has 0 radical (unpaired) electrons. The van der Waals surface area contributed by atoms with Crippen LogP contribution in [0, 0.1) is 0 Å². The van der Waals surface area contributed by atoms with Gasteiger partial charge in [0.1, 0.15) is 0 Å². The number of hydrogen-bond donors (Lipinski definition) is 0. The van der Waals surface area contributed by atoms with Gasteiger partial charge in [0, 0.05) is 7.11 Å². The molecule has 5 heterocycles. The second-order valence-electron chi connectivity index (χ2n) is 12.6. The van der Waals surface area contributed by atoms with Crippen LogP contribution in [0.2, 0.25) is 0 Å². The van der Waals surface area contributed by atoms with E-state index >= 15 is 0 Å². The van der Waals surface area contributed by atoms with Crippen LogP contribution in [0.4, 0.5) is 0 Å². The molecule has 3 aromatic heterocycles. The SMILES string of the molecule is COCc1ccc(-c2c3nc(c(-c4ccccc4)c4ccc([n-]4)c(-c4ccccc4)c4nc(c(-c5ccccc5)c5ccc2[n-]5)C=C4)C=C3)cc1.[Zn+2]. The molecule has 5 nitrogen and oxygen atoms in total. The van der Waals surface area contributed by atoms with Crippen molar-refractivity contribution >= 4 is 46.4 Å². The van der Waals surface area contributed by atoms with E-state index in [0.29, 0.717) is 6.61 Å². The summed E-state index contributed by atoms with van der Waals surface area (Å²) in [4.78, 5) is 21.3. The van der Waals surface area contributed by atoms with E-state index in [1.165, 1.54) is 0 Å². The largest absolute Gasteiger partial charge is 2.00 e. The van der Waals surface area contributed by atoms with Crippen molar-refractivity contribution in [3.63, 3.8) is 0 Å². The Labute approximate surface area is 315 Å². The van der Waals surface area contributed by atoms with Gasteiger partial charge in [-0.05, 0) is 74.4 Å². The van der Waals surface area contributed by atoms with Crippen molar-refractivity contribution in [3.05, 3.63) is 168 Å². The first-order chi connectivity index (χ1) is 25.2. The number of rotatable bonds is 6. The minimum absolute atomic E-state index is 0. The van der Waals surface area contributed by atoms with Gasteiger partial charge in [-0.25, -0.2) is 9.97 Å². The summed E-state index contributed by atoms with van der Waals surface area (Å²) in [5, 5.41) is 0. The van der Waals surface area contributed by atoms with Gasteiger partial charge < -0.3 is 14.7 Å². The number of methoxy groups -OCH3 is 1. The molecule has 2 aliphatic heterocycles. The zero-order valence-electron chi connectivity index (χ0n) is 28.7. The molecule has 8 bridgehead atoms. The summed E-state index contributed by atoms with van der Waals surface area (Å²) >= 11 is 0. The van der Waals surface area contributed by atoms with Crippen LogP contribution in [0.15, 0.2) is 140 Å². The van der Waals surface area contributed by atoms with Gasteiger partial charge in [0.25, 0.3) is 0 Å². The molecule has 0 atom stereocenters. The van der Waals surface area contributed by atoms with E-state index in [2.05, 4.69) is 146 Å². The minimum atomic E-state index is 0. The molecule has 0 saturated carbocycles. The monoisotopic (exact) mass is 720 g/mol. The third-order valence-corrected chi connectivity index (χ3v) is 9.35. The van der Waals surface area contributed by atoms with Gasteiger partial charge in [-0.2, -0.15) is 0 Å². The summed E-state index contributed by atoms with van der Waals surface area (Å²) in [5.74, 6) is 0. The predicted octanol–water partition coefficient (Wildman–Crippen LogP) is 10.7. The molecule has 0 aliphatic carbocycles.